The maximum absolute atomic E-state index is 5.56. The maximum atomic E-state index is 5.56. The van der Waals surface area contributed by atoms with Crippen LogP contribution in [0.4, 0.5) is 5.82 Å². The van der Waals surface area contributed by atoms with Crippen molar-refractivity contribution in [3.8, 4) is 10.7 Å². The van der Waals surface area contributed by atoms with E-state index in [0.29, 0.717) is 11.7 Å². The van der Waals surface area contributed by atoms with Gasteiger partial charge in [-0.15, -0.1) is 11.3 Å². The summed E-state index contributed by atoms with van der Waals surface area (Å²) in [4.78, 5) is 11.8. The van der Waals surface area contributed by atoms with Crippen molar-refractivity contribution in [1.82, 2.24) is 9.97 Å². The predicted octanol–water partition coefficient (Wildman–Crippen LogP) is 3.71. The van der Waals surface area contributed by atoms with Gasteiger partial charge in [0.25, 0.3) is 0 Å². The normalized spacial score (nSPS) is 15.7. The maximum Gasteiger partial charge on any atom is 0.171 e. The van der Waals surface area contributed by atoms with E-state index in [1.807, 2.05) is 6.07 Å². The highest BCUT2D eigenvalue weighted by Crippen LogP contribution is 2.35. The van der Waals surface area contributed by atoms with E-state index >= 15 is 0 Å². The summed E-state index contributed by atoms with van der Waals surface area (Å²) in [5, 5.41) is 0. The molecule has 106 valence electrons. The van der Waals surface area contributed by atoms with E-state index in [4.69, 9.17) is 10.8 Å². The number of nitrogens with one attached hydrogen (secondary N) is 1. The molecule has 1 aliphatic carbocycles. The molecule has 3 rings (SSSR count). The molecule has 0 aliphatic heterocycles. The Hall–Kier alpha value is -1.46. The summed E-state index contributed by atoms with van der Waals surface area (Å²) in [6.45, 7) is 2.16. The van der Waals surface area contributed by atoms with Crippen molar-refractivity contribution in [1.29, 1.82) is 0 Å². The summed E-state index contributed by atoms with van der Waals surface area (Å²) >= 11 is 1.76. The molecule has 0 atom stereocenters. The van der Waals surface area contributed by atoms with Gasteiger partial charge in [0.05, 0.1) is 4.88 Å². The van der Waals surface area contributed by atoms with Crippen molar-refractivity contribution in [3.63, 3.8) is 0 Å². The molecule has 2 heterocycles. The first-order chi connectivity index (χ1) is 9.80. The van der Waals surface area contributed by atoms with E-state index < -0.39 is 0 Å². The average Bonchev–Trinajstić information content (AvgIpc) is 3.17. The van der Waals surface area contributed by atoms with Crippen LogP contribution in [0.15, 0.2) is 18.2 Å². The number of hydrogen-bond donors (Lipinski definition) is 2. The highest BCUT2D eigenvalue weighted by atomic mass is 32.1. The number of anilines is 1. The van der Waals surface area contributed by atoms with Crippen molar-refractivity contribution in [2.24, 2.45) is 5.84 Å². The van der Waals surface area contributed by atoms with Crippen molar-refractivity contribution < 1.29 is 0 Å². The largest absolute Gasteiger partial charge is 0.308 e. The fourth-order valence-electron chi connectivity index (χ4n) is 2.77. The standard InChI is InChI=1S/C15H20N4S/c1-2-11-7-8-13(20-11)15-17-12(9-14(18-15)19-16)10-5-3-4-6-10/h7-10H,2-6,16H2,1H3,(H,17,18,19). The van der Waals surface area contributed by atoms with Crippen LogP contribution in [0.2, 0.25) is 0 Å². The fraction of sp³-hybridized carbons (Fsp3) is 0.467. The Morgan fingerprint density at radius 3 is 2.75 bits per heavy atom. The van der Waals surface area contributed by atoms with Crippen LogP contribution in [-0.4, -0.2) is 9.97 Å². The van der Waals surface area contributed by atoms with E-state index in [2.05, 4.69) is 29.5 Å². The number of nitrogens with zero attached hydrogens (tertiary/aromatic N) is 2. The Kier molecular flexibility index (Phi) is 3.98. The Bertz CT molecular complexity index is 587. The molecule has 3 N–H and O–H groups in total. The summed E-state index contributed by atoms with van der Waals surface area (Å²) in [6.07, 6.45) is 6.11. The van der Waals surface area contributed by atoms with Gasteiger partial charge in [0.15, 0.2) is 5.82 Å². The van der Waals surface area contributed by atoms with Gasteiger partial charge in [-0.05, 0) is 31.4 Å². The van der Waals surface area contributed by atoms with E-state index in [0.717, 1.165) is 22.8 Å². The lowest BCUT2D eigenvalue weighted by Crippen LogP contribution is -2.11. The number of hydrogen-bond acceptors (Lipinski definition) is 5. The van der Waals surface area contributed by atoms with Crippen molar-refractivity contribution in [2.75, 3.05) is 5.43 Å². The summed E-state index contributed by atoms with van der Waals surface area (Å²) in [6, 6.07) is 6.26. The average molecular weight is 288 g/mol. The summed E-state index contributed by atoms with van der Waals surface area (Å²) < 4.78 is 0. The van der Waals surface area contributed by atoms with E-state index in [-0.39, 0.29) is 0 Å². The molecule has 4 nitrogen and oxygen atoms in total. The molecule has 20 heavy (non-hydrogen) atoms. The molecular formula is C15H20N4S. The summed E-state index contributed by atoms with van der Waals surface area (Å²) in [7, 11) is 0. The second-order valence-corrected chi connectivity index (χ2v) is 6.42. The number of aryl methyl sites for hydroxylation is 1. The van der Waals surface area contributed by atoms with Crippen LogP contribution >= 0.6 is 11.3 Å². The van der Waals surface area contributed by atoms with Gasteiger partial charge in [-0.1, -0.05) is 19.8 Å². The summed E-state index contributed by atoms with van der Waals surface area (Å²) in [5.74, 6) is 7.63. The van der Waals surface area contributed by atoms with Gasteiger partial charge in [0, 0.05) is 22.6 Å². The van der Waals surface area contributed by atoms with Crippen LogP contribution in [0.25, 0.3) is 10.7 Å². The Morgan fingerprint density at radius 1 is 1.30 bits per heavy atom. The van der Waals surface area contributed by atoms with Gasteiger partial charge >= 0.3 is 0 Å². The second-order valence-electron chi connectivity index (χ2n) is 5.25. The molecule has 0 unspecified atom stereocenters. The van der Waals surface area contributed by atoms with E-state index in [1.54, 1.807) is 11.3 Å². The predicted molar refractivity (Wildman–Crippen MR) is 83.7 cm³/mol. The van der Waals surface area contributed by atoms with Gasteiger partial charge in [-0.3, -0.25) is 0 Å². The topological polar surface area (TPSA) is 63.8 Å². The third-order valence-electron chi connectivity index (χ3n) is 3.90. The molecule has 0 spiro atoms. The molecule has 0 amide bonds. The number of nitrogen functional groups attached to an aromatic ring is 1. The minimum atomic E-state index is 0.564. The van der Waals surface area contributed by atoms with Gasteiger partial charge in [-0.25, -0.2) is 15.8 Å². The van der Waals surface area contributed by atoms with Crippen molar-refractivity contribution >= 4 is 17.2 Å². The lowest BCUT2D eigenvalue weighted by molar-refractivity contribution is 0.696. The van der Waals surface area contributed by atoms with Crippen molar-refractivity contribution in [2.45, 2.75) is 44.9 Å². The van der Waals surface area contributed by atoms with Gasteiger partial charge in [0.1, 0.15) is 5.82 Å². The zero-order valence-corrected chi connectivity index (χ0v) is 12.5. The van der Waals surface area contributed by atoms with Crippen LogP contribution in [0.3, 0.4) is 0 Å². The highest BCUT2D eigenvalue weighted by Gasteiger charge is 2.20. The van der Waals surface area contributed by atoms with Crippen LogP contribution < -0.4 is 11.3 Å². The molecule has 0 radical (unpaired) electrons. The molecule has 1 fully saturated rings. The molecule has 0 bridgehead atoms. The first-order valence-electron chi connectivity index (χ1n) is 7.25. The van der Waals surface area contributed by atoms with Crippen LogP contribution in [-0.2, 0) is 6.42 Å². The number of nitrogens with two attached hydrogens (primary N) is 1. The lowest BCUT2D eigenvalue weighted by atomic mass is 10.0. The Labute approximate surface area is 123 Å². The van der Waals surface area contributed by atoms with Crippen molar-refractivity contribution in [3.05, 3.63) is 28.8 Å². The Morgan fingerprint density at radius 2 is 2.10 bits per heavy atom. The minimum Gasteiger partial charge on any atom is -0.308 e. The summed E-state index contributed by atoms with van der Waals surface area (Å²) in [5.41, 5.74) is 3.81. The van der Waals surface area contributed by atoms with Gasteiger partial charge in [0.2, 0.25) is 0 Å². The number of thiophene rings is 1. The highest BCUT2D eigenvalue weighted by molar-refractivity contribution is 7.15. The zero-order valence-electron chi connectivity index (χ0n) is 11.7. The first kappa shape index (κ1) is 13.5. The molecule has 0 aromatic carbocycles. The molecule has 2 aromatic rings. The zero-order chi connectivity index (χ0) is 13.9. The molecular weight excluding hydrogens is 268 g/mol. The third-order valence-corrected chi connectivity index (χ3v) is 5.12. The van der Waals surface area contributed by atoms with Gasteiger partial charge < -0.3 is 5.43 Å². The van der Waals surface area contributed by atoms with Crippen LogP contribution in [0.5, 0.6) is 0 Å². The van der Waals surface area contributed by atoms with Crippen LogP contribution in [0.1, 0.15) is 49.1 Å². The molecule has 0 saturated heterocycles. The number of aromatic nitrogens is 2. The molecule has 1 aliphatic rings. The van der Waals surface area contributed by atoms with Crippen LogP contribution in [0, 0.1) is 0 Å². The molecule has 1 saturated carbocycles. The minimum absolute atomic E-state index is 0.564. The SMILES string of the molecule is CCc1ccc(-c2nc(NN)cc(C3CCCC3)n2)s1. The molecule has 5 heteroatoms. The molecule has 2 aromatic heterocycles. The quantitative estimate of drug-likeness (QED) is 0.665. The third kappa shape index (κ3) is 2.69. The Balaban J connectivity index is 1.98. The fourth-order valence-corrected chi connectivity index (χ4v) is 3.65. The first-order valence-corrected chi connectivity index (χ1v) is 8.06. The van der Waals surface area contributed by atoms with E-state index in [1.165, 1.54) is 30.6 Å². The monoisotopic (exact) mass is 288 g/mol. The van der Waals surface area contributed by atoms with E-state index in [9.17, 15) is 0 Å². The van der Waals surface area contributed by atoms with Gasteiger partial charge in [-0.2, -0.15) is 0 Å². The number of rotatable bonds is 4. The lowest BCUT2D eigenvalue weighted by Gasteiger charge is -2.11. The number of hydrazine groups is 1. The second kappa shape index (κ2) is 5.89. The smallest absolute Gasteiger partial charge is 0.171 e.